The number of sulfonamides is 1. The fourth-order valence-electron chi connectivity index (χ4n) is 3.53. The molecule has 174 valence electrons. The predicted octanol–water partition coefficient (Wildman–Crippen LogP) is 2.83. The maximum Gasteiger partial charge on any atom is 0.284 e. The van der Waals surface area contributed by atoms with Crippen molar-refractivity contribution in [2.45, 2.75) is 34.3 Å². The molecule has 33 heavy (non-hydrogen) atoms. The van der Waals surface area contributed by atoms with Gasteiger partial charge in [-0.2, -0.15) is 4.31 Å². The first-order chi connectivity index (χ1) is 15.9. The Labute approximate surface area is 195 Å². The van der Waals surface area contributed by atoms with Crippen LogP contribution in [0.3, 0.4) is 0 Å². The van der Waals surface area contributed by atoms with Gasteiger partial charge in [0.25, 0.3) is 5.69 Å². The third-order valence-electron chi connectivity index (χ3n) is 5.21. The van der Waals surface area contributed by atoms with E-state index < -0.39 is 14.9 Å². The quantitative estimate of drug-likeness (QED) is 0.328. The summed E-state index contributed by atoms with van der Waals surface area (Å²) in [6.07, 6.45) is 4.85. The number of rotatable bonds is 9. The van der Waals surface area contributed by atoms with Gasteiger partial charge in [-0.1, -0.05) is 0 Å². The van der Waals surface area contributed by atoms with Crippen molar-refractivity contribution < 1.29 is 18.1 Å². The lowest BCUT2D eigenvalue weighted by atomic mass is 10.2. The van der Waals surface area contributed by atoms with Crippen molar-refractivity contribution in [3.05, 3.63) is 52.8 Å². The number of hydrogen-bond acceptors (Lipinski definition) is 9. The summed E-state index contributed by atoms with van der Waals surface area (Å²) in [4.78, 5) is 15.4. The molecule has 0 aliphatic carbocycles. The summed E-state index contributed by atoms with van der Waals surface area (Å²) in [5.41, 5.74) is 0.494. The number of methoxy groups -OCH3 is 1. The van der Waals surface area contributed by atoms with Gasteiger partial charge in [-0.25, -0.2) is 8.42 Å². The fourth-order valence-corrected chi connectivity index (χ4v) is 6.00. The summed E-state index contributed by atoms with van der Waals surface area (Å²) >= 11 is 1.05. The van der Waals surface area contributed by atoms with Crippen molar-refractivity contribution in [2.24, 2.45) is 0 Å². The largest absolute Gasteiger partial charge is 0.383 e. The van der Waals surface area contributed by atoms with Crippen molar-refractivity contribution in [1.29, 1.82) is 0 Å². The number of benzene rings is 1. The highest BCUT2D eigenvalue weighted by atomic mass is 32.2. The lowest BCUT2D eigenvalue weighted by Crippen LogP contribution is -2.27. The van der Waals surface area contributed by atoms with Gasteiger partial charge in [-0.05, 0) is 48.9 Å². The Kier molecular flexibility index (Phi) is 7.02. The topological polar surface area (TPSA) is 133 Å². The first-order valence-electron chi connectivity index (χ1n) is 10.2. The van der Waals surface area contributed by atoms with E-state index in [4.69, 9.17) is 4.74 Å². The zero-order valence-electron chi connectivity index (χ0n) is 17.8. The highest BCUT2D eigenvalue weighted by Crippen LogP contribution is 2.37. The Hall–Kier alpha value is -2.87. The van der Waals surface area contributed by atoms with Crippen LogP contribution in [0.2, 0.25) is 0 Å². The molecular weight excluding hydrogens is 468 g/mol. The minimum absolute atomic E-state index is 0.0845. The van der Waals surface area contributed by atoms with Crippen LogP contribution in [0.15, 0.2) is 57.7 Å². The minimum Gasteiger partial charge on any atom is -0.383 e. The van der Waals surface area contributed by atoms with E-state index in [-0.39, 0.29) is 15.5 Å². The third-order valence-corrected chi connectivity index (χ3v) is 8.15. The average molecular weight is 491 g/mol. The standard InChI is InChI=1S/C20H22N6O5S2/c1-31-13-12-25-19(15-6-8-21-9-7-15)22-23-20(25)32-18-5-4-16(14-17(18)26(27)28)33(29,30)24-10-2-3-11-24/h4-9,14H,2-3,10-13H2,1H3. The molecule has 2 aromatic heterocycles. The molecule has 0 bridgehead atoms. The molecule has 0 unspecified atom stereocenters. The number of pyridine rings is 1. The molecule has 11 nitrogen and oxygen atoms in total. The van der Waals surface area contributed by atoms with E-state index in [9.17, 15) is 18.5 Å². The van der Waals surface area contributed by atoms with Crippen molar-refractivity contribution >= 4 is 27.5 Å². The van der Waals surface area contributed by atoms with E-state index >= 15 is 0 Å². The van der Waals surface area contributed by atoms with Crippen LogP contribution in [0.25, 0.3) is 11.4 Å². The Morgan fingerprint density at radius 1 is 1.15 bits per heavy atom. The number of nitro groups is 1. The Bertz CT molecular complexity index is 1240. The van der Waals surface area contributed by atoms with Crippen LogP contribution in [0.1, 0.15) is 12.8 Å². The molecule has 0 atom stereocenters. The van der Waals surface area contributed by atoms with Gasteiger partial charge in [0.2, 0.25) is 10.0 Å². The van der Waals surface area contributed by atoms with E-state index in [0.29, 0.717) is 37.2 Å². The van der Waals surface area contributed by atoms with E-state index in [1.54, 1.807) is 31.6 Å². The second-order valence-electron chi connectivity index (χ2n) is 7.29. The molecule has 4 rings (SSSR count). The molecule has 13 heteroatoms. The van der Waals surface area contributed by atoms with Gasteiger partial charge >= 0.3 is 0 Å². The van der Waals surface area contributed by atoms with Crippen LogP contribution in [-0.4, -0.2) is 64.2 Å². The molecule has 0 N–H and O–H groups in total. The Morgan fingerprint density at radius 3 is 2.55 bits per heavy atom. The first kappa shape index (κ1) is 23.3. The summed E-state index contributed by atoms with van der Waals surface area (Å²) < 4.78 is 34.1. The number of aromatic nitrogens is 4. The molecule has 1 aliphatic heterocycles. The van der Waals surface area contributed by atoms with Crippen LogP contribution in [-0.2, 0) is 21.3 Å². The highest BCUT2D eigenvalue weighted by Gasteiger charge is 2.30. The van der Waals surface area contributed by atoms with Crippen LogP contribution < -0.4 is 0 Å². The van der Waals surface area contributed by atoms with Gasteiger partial charge in [0.05, 0.1) is 27.9 Å². The molecule has 0 spiro atoms. The summed E-state index contributed by atoms with van der Waals surface area (Å²) in [7, 11) is -2.20. The molecular formula is C20H22N6O5S2. The summed E-state index contributed by atoms with van der Waals surface area (Å²) in [6.45, 7) is 1.66. The summed E-state index contributed by atoms with van der Waals surface area (Å²) in [5.74, 6) is 0.577. The lowest BCUT2D eigenvalue weighted by molar-refractivity contribution is -0.388. The normalized spacial score (nSPS) is 14.6. The number of ether oxygens (including phenoxy) is 1. The van der Waals surface area contributed by atoms with Crippen LogP contribution in [0.4, 0.5) is 5.69 Å². The zero-order chi connectivity index (χ0) is 23.4. The smallest absolute Gasteiger partial charge is 0.284 e. The minimum atomic E-state index is -3.77. The fraction of sp³-hybridized carbons (Fsp3) is 0.350. The molecule has 0 radical (unpaired) electrons. The Morgan fingerprint density at radius 2 is 1.88 bits per heavy atom. The van der Waals surface area contributed by atoms with Crippen LogP contribution >= 0.6 is 11.8 Å². The number of nitrogens with zero attached hydrogens (tertiary/aromatic N) is 6. The van der Waals surface area contributed by atoms with Gasteiger partial charge in [0.1, 0.15) is 0 Å². The molecule has 1 aliphatic rings. The average Bonchev–Trinajstić information content (AvgIpc) is 3.49. The van der Waals surface area contributed by atoms with Gasteiger partial charge < -0.3 is 4.74 Å². The molecule has 3 aromatic rings. The predicted molar refractivity (Wildman–Crippen MR) is 120 cm³/mol. The lowest BCUT2D eigenvalue weighted by Gasteiger charge is -2.15. The van der Waals surface area contributed by atoms with E-state index in [2.05, 4.69) is 15.2 Å². The molecule has 1 fully saturated rings. The molecule has 0 amide bonds. The monoisotopic (exact) mass is 490 g/mol. The second kappa shape index (κ2) is 9.95. The maximum atomic E-state index is 12.9. The van der Waals surface area contributed by atoms with Crippen LogP contribution in [0.5, 0.6) is 0 Å². The highest BCUT2D eigenvalue weighted by molar-refractivity contribution is 7.99. The maximum absolute atomic E-state index is 12.9. The van der Waals surface area contributed by atoms with Gasteiger partial charge in [0, 0.05) is 44.2 Å². The molecule has 3 heterocycles. The molecule has 0 saturated carbocycles. The van der Waals surface area contributed by atoms with Crippen LogP contribution in [0, 0.1) is 10.1 Å². The van der Waals surface area contributed by atoms with Crippen molar-refractivity contribution in [1.82, 2.24) is 24.1 Å². The van der Waals surface area contributed by atoms with Gasteiger partial charge in [-0.3, -0.25) is 19.7 Å². The Balaban J connectivity index is 1.70. The van der Waals surface area contributed by atoms with E-state index in [1.807, 2.05) is 4.57 Å². The van der Waals surface area contributed by atoms with Crippen molar-refractivity contribution in [3.8, 4) is 11.4 Å². The molecule has 1 saturated heterocycles. The van der Waals surface area contributed by atoms with Gasteiger partial charge in [0.15, 0.2) is 11.0 Å². The first-order valence-corrected chi connectivity index (χ1v) is 12.5. The summed E-state index contributed by atoms with van der Waals surface area (Å²) in [6, 6.07) is 7.57. The van der Waals surface area contributed by atoms with E-state index in [1.165, 1.54) is 16.4 Å². The molecule has 1 aromatic carbocycles. The number of hydrogen-bond donors (Lipinski definition) is 0. The number of nitro benzene ring substituents is 1. The van der Waals surface area contributed by atoms with Gasteiger partial charge in [-0.15, -0.1) is 10.2 Å². The third kappa shape index (κ3) is 4.90. The van der Waals surface area contributed by atoms with Crippen molar-refractivity contribution in [2.75, 3.05) is 26.8 Å². The summed E-state index contributed by atoms with van der Waals surface area (Å²) in [5, 5.41) is 20.7. The van der Waals surface area contributed by atoms with E-state index in [0.717, 1.165) is 36.2 Å². The zero-order valence-corrected chi connectivity index (χ0v) is 19.5. The SMILES string of the molecule is COCCn1c(Sc2ccc(S(=O)(=O)N3CCCC3)cc2[N+](=O)[O-])nnc1-c1ccncc1. The van der Waals surface area contributed by atoms with Crippen molar-refractivity contribution in [3.63, 3.8) is 0 Å². The second-order valence-corrected chi connectivity index (χ2v) is 10.2.